The monoisotopic (exact) mass is 413 g/mol. The number of pyridine rings is 1. The Labute approximate surface area is 173 Å². The number of halogens is 2. The lowest BCUT2D eigenvalue weighted by molar-refractivity contribution is 0.0927. The summed E-state index contributed by atoms with van der Waals surface area (Å²) in [5.41, 5.74) is 1.98. The molecule has 2 heterocycles. The highest BCUT2D eigenvalue weighted by molar-refractivity contribution is 6.31. The normalized spacial score (nSPS) is 14.8. The molecule has 0 aliphatic carbocycles. The number of anilines is 1. The number of piperidine rings is 1. The quantitative estimate of drug-likeness (QED) is 0.687. The van der Waals surface area contributed by atoms with Gasteiger partial charge in [-0.2, -0.15) is 0 Å². The van der Waals surface area contributed by atoms with Gasteiger partial charge >= 0.3 is 0 Å². The number of methoxy groups -OCH3 is 1. The van der Waals surface area contributed by atoms with E-state index in [-0.39, 0.29) is 16.6 Å². The summed E-state index contributed by atoms with van der Waals surface area (Å²) < 4.78 is 19.4. The molecule has 2 aromatic carbocycles. The highest BCUT2D eigenvalue weighted by Crippen LogP contribution is 2.30. The minimum absolute atomic E-state index is 0.00896. The molecule has 0 unspecified atom stereocenters. The van der Waals surface area contributed by atoms with Crippen molar-refractivity contribution in [2.45, 2.75) is 18.9 Å². The van der Waals surface area contributed by atoms with E-state index in [1.54, 1.807) is 19.4 Å². The van der Waals surface area contributed by atoms with E-state index < -0.39 is 11.7 Å². The fraction of sp³-hybridized carbons (Fsp3) is 0.273. The SMILES string of the molecule is COc1ccc2c(N3CCC(NC(=O)c4cccc(Cl)c4F)CC3)ccnc2c1. The van der Waals surface area contributed by atoms with Crippen molar-refractivity contribution in [3.05, 3.63) is 65.1 Å². The standard InChI is InChI=1S/C22H21ClFN3O2/c1-29-15-5-6-16-19(13-15)25-10-7-20(16)27-11-8-14(9-12-27)26-22(28)17-3-2-4-18(23)21(17)24/h2-7,10,13-14H,8-9,11-12H2,1H3,(H,26,28). The molecular formula is C22H21ClFN3O2. The molecule has 0 bridgehead atoms. The topological polar surface area (TPSA) is 54.5 Å². The largest absolute Gasteiger partial charge is 0.497 e. The summed E-state index contributed by atoms with van der Waals surface area (Å²) >= 11 is 5.78. The Bertz CT molecular complexity index is 1050. The van der Waals surface area contributed by atoms with Crippen molar-refractivity contribution in [3.8, 4) is 5.75 Å². The fourth-order valence-corrected chi connectivity index (χ4v) is 3.90. The van der Waals surface area contributed by atoms with Crippen molar-refractivity contribution in [3.63, 3.8) is 0 Å². The predicted molar refractivity (Wildman–Crippen MR) is 112 cm³/mol. The number of nitrogens with one attached hydrogen (secondary N) is 1. The Morgan fingerprint density at radius 3 is 2.79 bits per heavy atom. The average Bonchev–Trinajstić information content (AvgIpc) is 2.75. The number of fused-ring (bicyclic) bond motifs is 1. The summed E-state index contributed by atoms with van der Waals surface area (Å²) in [6.07, 6.45) is 3.34. The van der Waals surface area contributed by atoms with Crippen LogP contribution in [-0.2, 0) is 0 Å². The van der Waals surface area contributed by atoms with Crippen LogP contribution in [0.4, 0.5) is 10.1 Å². The van der Waals surface area contributed by atoms with Crippen LogP contribution in [0.2, 0.25) is 5.02 Å². The first-order valence-electron chi connectivity index (χ1n) is 9.49. The van der Waals surface area contributed by atoms with Crippen molar-refractivity contribution < 1.29 is 13.9 Å². The van der Waals surface area contributed by atoms with E-state index in [1.807, 2.05) is 24.3 Å². The minimum Gasteiger partial charge on any atom is -0.497 e. The molecular weight excluding hydrogens is 393 g/mol. The third kappa shape index (κ3) is 3.98. The maximum absolute atomic E-state index is 14.1. The summed E-state index contributed by atoms with van der Waals surface area (Å²) in [5, 5.41) is 3.95. The van der Waals surface area contributed by atoms with Gasteiger partial charge in [-0.25, -0.2) is 4.39 Å². The number of aromatic nitrogens is 1. The van der Waals surface area contributed by atoms with Gasteiger partial charge in [-0.3, -0.25) is 9.78 Å². The highest BCUT2D eigenvalue weighted by atomic mass is 35.5. The average molecular weight is 414 g/mol. The number of amides is 1. The zero-order chi connectivity index (χ0) is 20.4. The zero-order valence-corrected chi connectivity index (χ0v) is 16.7. The summed E-state index contributed by atoms with van der Waals surface area (Å²) in [7, 11) is 1.64. The minimum atomic E-state index is -0.678. The number of hydrogen-bond acceptors (Lipinski definition) is 4. The summed E-state index contributed by atoms with van der Waals surface area (Å²) in [6, 6.07) is 12.3. The smallest absolute Gasteiger partial charge is 0.254 e. The lowest BCUT2D eigenvalue weighted by Crippen LogP contribution is -2.45. The molecule has 1 N–H and O–H groups in total. The lowest BCUT2D eigenvalue weighted by Gasteiger charge is -2.34. The number of hydrogen-bond donors (Lipinski definition) is 1. The van der Waals surface area contributed by atoms with Crippen molar-refractivity contribution in [1.82, 2.24) is 10.3 Å². The third-order valence-corrected chi connectivity index (χ3v) is 5.59. The number of carbonyl (C=O) groups excluding carboxylic acids is 1. The fourth-order valence-electron chi connectivity index (χ4n) is 3.72. The Morgan fingerprint density at radius 2 is 2.03 bits per heavy atom. The number of rotatable bonds is 4. The van der Waals surface area contributed by atoms with E-state index in [0.29, 0.717) is 0 Å². The molecule has 29 heavy (non-hydrogen) atoms. The van der Waals surface area contributed by atoms with Crippen LogP contribution in [0.3, 0.4) is 0 Å². The van der Waals surface area contributed by atoms with E-state index in [9.17, 15) is 9.18 Å². The summed E-state index contributed by atoms with van der Waals surface area (Å²) in [6.45, 7) is 1.57. The second-order valence-corrected chi connectivity index (χ2v) is 7.46. The molecule has 150 valence electrons. The number of carbonyl (C=O) groups is 1. The van der Waals surface area contributed by atoms with Gasteiger partial charge in [-0.05, 0) is 43.2 Å². The molecule has 0 atom stereocenters. The first kappa shape index (κ1) is 19.5. The second kappa shape index (κ2) is 8.25. The van der Waals surface area contributed by atoms with Crippen molar-refractivity contribution >= 4 is 34.1 Å². The van der Waals surface area contributed by atoms with Gasteiger partial charge in [-0.1, -0.05) is 17.7 Å². The van der Waals surface area contributed by atoms with E-state index in [1.165, 1.54) is 12.1 Å². The third-order valence-electron chi connectivity index (χ3n) is 5.29. The van der Waals surface area contributed by atoms with Gasteiger partial charge in [0.15, 0.2) is 5.82 Å². The molecule has 1 aliphatic rings. The molecule has 1 aromatic heterocycles. The molecule has 0 saturated carbocycles. The van der Waals surface area contributed by atoms with Crippen LogP contribution in [0.25, 0.3) is 10.9 Å². The molecule has 1 aliphatic heterocycles. The predicted octanol–water partition coefficient (Wildman–Crippen LogP) is 4.43. The van der Waals surface area contributed by atoms with Gasteiger partial charge in [0.25, 0.3) is 5.91 Å². The van der Waals surface area contributed by atoms with Gasteiger partial charge in [-0.15, -0.1) is 0 Å². The first-order valence-corrected chi connectivity index (χ1v) is 9.87. The maximum Gasteiger partial charge on any atom is 0.254 e. The van der Waals surface area contributed by atoms with Crippen LogP contribution >= 0.6 is 11.6 Å². The summed E-state index contributed by atoms with van der Waals surface area (Å²) in [4.78, 5) is 19.2. The van der Waals surface area contributed by atoms with Crippen LogP contribution in [0.15, 0.2) is 48.7 Å². The van der Waals surface area contributed by atoms with Crippen LogP contribution in [0, 0.1) is 5.82 Å². The molecule has 1 saturated heterocycles. The molecule has 5 nitrogen and oxygen atoms in total. The number of benzene rings is 2. The van der Waals surface area contributed by atoms with Crippen LogP contribution in [0.1, 0.15) is 23.2 Å². The van der Waals surface area contributed by atoms with Gasteiger partial charge in [0.2, 0.25) is 0 Å². The van der Waals surface area contributed by atoms with E-state index in [4.69, 9.17) is 16.3 Å². The Balaban J connectivity index is 1.44. The van der Waals surface area contributed by atoms with Crippen molar-refractivity contribution in [2.75, 3.05) is 25.1 Å². The lowest BCUT2D eigenvalue weighted by atomic mass is 10.0. The van der Waals surface area contributed by atoms with Gasteiger partial charge in [0.1, 0.15) is 5.75 Å². The molecule has 7 heteroatoms. The maximum atomic E-state index is 14.1. The van der Waals surface area contributed by atoms with Crippen molar-refractivity contribution in [2.24, 2.45) is 0 Å². The van der Waals surface area contributed by atoms with Gasteiger partial charge in [0, 0.05) is 42.5 Å². The summed E-state index contributed by atoms with van der Waals surface area (Å²) in [5.74, 6) is -0.329. The Morgan fingerprint density at radius 1 is 1.24 bits per heavy atom. The molecule has 1 amide bonds. The molecule has 0 radical (unpaired) electrons. The van der Waals surface area contributed by atoms with Gasteiger partial charge in [0.05, 0.1) is 23.2 Å². The Hall–Kier alpha value is -2.86. The highest BCUT2D eigenvalue weighted by Gasteiger charge is 2.24. The zero-order valence-electron chi connectivity index (χ0n) is 16.0. The van der Waals surface area contributed by atoms with E-state index >= 15 is 0 Å². The van der Waals surface area contributed by atoms with Crippen LogP contribution < -0.4 is 15.0 Å². The van der Waals surface area contributed by atoms with Crippen LogP contribution in [-0.4, -0.2) is 37.1 Å². The van der Waals surface area contributed by atoms with E-state index in [0.717, 1.165) is 48.3 Å². The number of nitrogens with zero attached hydrogens (tertiary/aromatic N) is 2. The molecule has 4 rings (SSSR count). The first-order chi connectivity index (χ1) is 14.1. The Kier molecular flexibility index (Phi) is 5.53. The van der Waals surface area contributed by atoms with E-state index in [2.05, 4.69) is 15.2 Å². The van der Waals surface area contributed by atoms with Gasteiger partial charge < -0.3 is 15.0 Å². The number of ether oxygens (including phenoxy) is 1. The molecule has 1 fully saturated rings. The molecule has 3 aromatic rings. The second-order valence-electron chi connectivity index (χ2n) is 7.05. The molecule has 0 spiro atoms. The van der Waals surface area contributed by atoms with Crippen LogP contribution in [0.5, 0.6) is 5.75 Å². The van der Waals surface area contributed by atoms with Crippen molar-refractivity contribution in [1.29, 1.82) is 0 Å².